The Morgan fingerprint density at radius 2 is 1.94 bits per heavy atom. The maximum absolute atomic E-state index is 11.6. The minimum Gasteiger partial charge on any atom is -0.333 e. The summed E-state index contributed by atoms with van der Waals surface area (Å²) in [6.45, 7) is 7.84. The normalized spacial score (nSPS) is 11.1. The Morgan fingerprint density at radius 1 is 1.31 bits per heavy atom. The van der Waals surface area contributed by atoms with Gasteiger partial charge in [0.1, 0.15) is 0 Å². The van der Waals surface area contributed by atoms with E-state index in [0.717, 1.165) is 14.8 Å². The first-order chi connectivity index (χ1) is 7.28. The molecule has 3 nitrogen and oxygen atoms in total. The zero-order valence-electron chi connectivity index (χ0n) is 10.0. The molecule has 0 aliphatic heterocycles. The van der Waals surface area contributed by atoms with Crippen LogP contribution < -0.4 is 10.6 Å². The van der Waals surface area contributed by atoms with Crippen molar-refractivity contribution >= 4 is 34.3 Å². The Bertz CT molecular complexity index is 396. The van der Waals surface area contributed by atoms with Crippen molar-refractivity contribution in [2.75, 3.05) is 5.32 Å². The van der Waals surface area contributed by atoms with Crippen molar-refractivity contribution < 1.29 is 4.79 Å². The molecule has 0 aliphatic carbocycles. The molecule has 0 unspecified atom stereocenters. The minimum absolute atomic E-state index is 0.170. The number of carbonyl (C=O) groups excluding carboxylic acids is 1. The lowest BCUT2D eigenvalue weighted by molar-refractivity contribution is 0.244. The number of halogens is 1. The van der Waals surface area contributed by atoms with Gasteiger partial charge in [-0.2, -0.15) is 0 Å². The summed E-state index contributed by atoms with van der Waals surface area (Å²) in [5, 5.41) is 5.70. The summed E-state index contributed by atoms with van der Waals surface area (Å²) in [4.78, 5) is 11.6. The molecule has 0 spiro atoms. The van der Waals surface area contributed by atoms with E-state index in [0.29, 0.717) is 0 Å². The quantitative estimate of drug-likeness (QED) is 0.759. The van der Waals surface area contributed by atoms with E-state index in [1.54, 1.807) is 0 Å². The maximum Gasteiger partial charge on any atom is 0.319 e. The molecule has 0 bridgehead atoms. The zero-order chi connectivity index (χ0) is 12.3. The fourth-order valence-electron chi connectivity index (χ4n) is 1.26. The summed E-state index contributed by atoms with van der Waals surface area (Å²) in [6, 6.07) is 5.75. The van der Waals surface area contributed by atoms with Crippen molar-refractivity contribution in [2.45, 2.75) is 33.2 Å². The van der Waals surface area contributed by atoms with E-state index in [-0.39, 0.29) is 11.6 Å². The Morgan fingerprint density at radius 3 is 2.44 bits per heavy atom. The summed E-state index contributed by atoms with van der Waals surface area (Å²) in [7, 11) is 0. The summed E-state index contributed by atoms with van der Waals surface area (Å²) in [5.74, 6) is 0. The van der Waals surface area contributed by atoms with Crippen LogP contribution in [0.2, 0.25) is 0 Å². The standard InChI is InChI=1S/C12H17IN2O/c1-8-7-9(13)5-6-10(8)14-11(16)15-12(2,3)4/h5-7H,1-4H3,(H2,14,15,16). The molecule has 88 valence electrons. The van der Waals surface area contributed by atoms with Crippen LogP contribution in [-0.2, 0) is 0 Å². The Labute approximate surface area is 110 Å². The molecule has 0 heterocycles. The van der Waals surface area contributed by atoms with Gasteiger partial charge in [-0.05, 0) is 74.0 Å². The average Bonchev–Trinajstić information content (AvgIpc) is 2.06. The van der Waals surface area contributed by atoms with Crippen LogP contribution in [0.15, 0.2) is 18.2 Å². The molecule has 1 aromatic carbocycles. The van der Waals surface area contributed by atoms with E-state index in [2.05, 4.69) is 33.2 Å². The predicted octanol–water partition coefficient (Wildman–Crippen LogP) is 3.52. The van der Waals surface area contributed by atoms with Crippen LogP contribution in [0, 0.1) is 10.5 Å². The molecular formula is C12H17IN2O. The van der Waals surface area contributed by atoms with Gasteiger partial charge in [0.2, 0.25) is 0 Å². The minimum atomic E-state index is -0.221. The molecule has 16 heavy (non-hydrogen) atoms. The summed E-state index contributed by atoms with van der Waals surface area (Å²) < 4.78 is 1.16. The molecular weight excluding hydrogens is 315 g/mol. The van der Waals surface area contributed by atoms with Gasteiger partial charge in [-0.25, -0.2) is 4.79 Å². The molecule has 4 heteroatoms. The topological polar surface area (TPSA) is 41.1 Å². The highest BCUT2D eigenvalue weighted by Crippen LogP contribution is 2.17. The molecule has 2 N–H and O–H groups in total. The van der Waals surface area contributed by atoms with Crippen molar-refractivity contribution in [1.29, 1.82) is 0 Å². The fourth-order valence-corrected chi connectivity index (χ4v) is 1.91. The van der Waals surface area contributed by atoms with Crippen LogP contribution in [0.4, 0.5) is 10.5 Å². The van der Waals surface area contributed by atoms with E-state index in [1.165, 1.54) is 0 Å². The maximum atomic E-state index is 11.6. The molecule has 0 radical (unpaired) electrons. The zero-order valence-corrected chi connectivity index (χ0v) is 12.2. The highest BCUT2D eigenvalue weighted by molar-refractivity contribution is 14.1. The number of urea groups is 1. The van der Waals surface area contributed by atoms with Gasteiger partial charge in [-0.15, -0.1) is 0 Å². The van der Waals surface area contributed by atoms with Gasteiger partial charge in [0, 0.05) is 14.8 Å². The number of nitrogens with one attached hydrogen (secondary N) is 2. The monoisotopic (exact) mass is 332 g/mol. The van der Waals surface area contributed by atoms with E-state index < -0.39 is 0 Å². The van der Waals surface area contributed by atoms with Crippen LogP contribution in [0.5, 0.6) is 0 Å². The number of hydrogen-bond donors (Lipinski definition) is 2. The molecule has 0 saturated heterocycles. The van der Waals surface area contributed by atoms with Gasteiger partial charge >= 0.3 is 6.03 Å². The van der Waals surface area contributed by atoms with Gasteiger partial charge in [-0.3, -0.25) is 0 Å². The van der Waals surface area contributed by atoms with Crippen LogP contribution in [0.1, 0.15) is 26.3 Å². The van der Waals surface area contributed by atoms with Crippen LogP contribution in [0.3, 0.4) is 0 Å². The first-order valence-electron chi connectivity index (χ1n) is 5.13. The Kier molecular flexibility index (Phi) is 4.18. The fraction of sp³-hybridized carbons (Fsp3) is 0.417. The second-order valence-corrected chi connectivity index (χ2v) is 6.03. The van der Waals surface area contributed by atoms with Gasteiger partial charge in [0.15, 0.2) is 0 Å². The molecule has 0 fully saturated rings. The lowest BCUT2D eigenvalue weighted by atomic mass is 10.1. The third-order valence-electron chi connectivity index (χ3n) is 1.93. The SMILES string of the molecule is Cc1cc(I)ccc1NC(=O)NC(C)(C)C. The molecule has 0 saturated carbocycles. The number of anilines is 1. The van der Waals surface area contributed by atoms with Crippen molar-refractivity contribution in [1.82, 2.24) is 5.32 Å². The number of amides is 2. The number of aryl methyl sites for hydroxylation is 1. The Balaban J connectivity index is 2.70. The number of hydrogen-bond acceptors (Lipinski definition) is 1. The number of carbonyl (C=O) groups is 1. The van der Waals surface area contributed by atoms with Crippen molar-refractivity contribution in [2.24, 2.45) is 0 Å². The smallest absolute Gasteiger partial charge is 0.319 e. The van der Waals surface area contributed by atoms with Crippen LogP contribution in [0.25, 0.3) is 0 Å². The summed E-state index contributed by atoms with van der Waals surface area (Å²) in [6.07, 6.45) is 0. The summed E-state index contributed by atoms with van der Waals surface area (Å²) >= 11 is 2.25. The third kappa shape index (κ3) is 4.38. The molecule has 0 aliphatic rings. The number of rotatable bonds is 1. The molecule has 0 atom stereocenters. The number of benzene rings is 1. The first kappa shape index (κ1) is 13.3. The predicted molar refractivity (Wildman–Crippen MR) is 75.8 cm³/mol. The lowest BCUT2D eigenvalue weighted by Crippen LogP contribution is -2.43. The van der Waals surface area contributed by atoms with Gasteiger partial charge in [-0.1, -0.05) is 0 Å². The highest BCUT2D eigenvalue weighted by atomic mass is 127. The Hall–Kier alpha value is -0.780. The van der Waals surface area contributed by atoms with E-state index in [1.807, 2.05) is 45.9 Å². The van der Waals surface area contributed by atoms with Crippen molar-refractivity contribution in [3.63, 3.8) is 0 Å². The van der Waals surface area contributed by atoms with E-state index in [9.17, 15) is 4.79 Å². The first-order valence-corrected chi connectivity index (χ1v) is 6.21. The molecule has 2 amide bonds. The summed E-state index contributed by atoms with van der Waals surface area (Å²) in [5.41, 5.74) is 1.69. The van der Waals surface area contributed by atoms with Crippen LogP contribution in [-0.4, -0.2) is 11.6 Å². The van der Waals surface area contributed by atoms with Crippen LogP contribution >= 0.6 is 22.6 Å². The van der Waals surface area contributed by atoms with Gasteiger partial charge < -0.3 is 10.6 Å². The third-order valence-corrected chi connectivity index (χ3v) is 2.60. The van der Waals surface area contributed by atoms with E-state index >= 15 is 0 Å². The van der Waals surface area contributed by atoms with Gasteiger partial charge in [0.25, 0.3) is 0 Å². The molecule has 0 aromatic heterocycles. The second kappa shape index (κ2) is 5.03. The van der Waals surface area contributed by atoms with E-state index in [4.69, 9.17) is 0 Å². The largest absolute Gasteiger partial charge is 0.333 e. The van der Waals surface area contributed by atoms with Gasteiger partial charge in [0.05, 0.1) is 0 Å². The molecule has 1 rings (SSSR count). The van der Waals surface area contributed by atoms with Crippen molar-refractivity contribution in [3.8, 4) is 0 Å². The highest BCUT2D eigenvalue weighted by Gasteiger charge is 2.13. The van der Waals surface area contributed by atoms with Crippen molar-refractivity contribution in [3.05, 3.63) is 27.3 Å². The average molecular weight is 332 g/mol. The lowest BCUT2D eigenvalue weighted by Gasteiger charge is -2.21. The second-order valence-electron chi connectivity index (χ2n) is 4.79. The molecule has 1 aromatic rings.